The van der Waals surface area contributed by atoms with Gasteiger partial charge in [-0.3, -0.25) is 24.4 Å². The number of likely N-dealkylation sites (N-methyl/N-ethyl adjacent to an activating group) is 1. The second-order valence-electron chi connectivity index (χ2n) is 12.0. The Hall–Kier alpha value is -5.84. The number of nitrogens with zero attached hydrogens (tertiary/aromatic N) is 2. The van der Waals surface area contributed by atoms with Crippen LogP contribution in [0.2, 0.25) is 0 Å². The van der Waals surface area contributed by atoms with Crippen molar-refractivity contribution in [2.75, 3.05) is 37.0 Å². The molecule has 4 aromatic rings. The second-order valence-corrected chi connectivity index (χ2v) is 12.0. The molecular formula is C37H38F3N5O8. The van der Waals surface area contributed by atoms with Crippen LogP contribution in [0.15, 0.2) is 78.9 Å². The van der Waals surface area contributed by atoms with Gasteiger partial charge in [-0.25, -0.2) is 10.3 Å². The van der Waals surface area contributed by atoms with Crippen LogP contribution in [0.5, 0.6) is 5.75 Å². The highest BCUT2D eigenvalue weighted by molar-refractivity contribution is 6.12. The number of fused-ring (bicyclic) bond motifs is 2. The quantitative estimate of drug-likeness (QED) is 0.0881. The number of halogens is 3. The number of aliphatic carboxylic acids is 1. The van der Waals surface area contributed by atoms with Gasteiger partial charge in [-0.15, -0.1) is 0 Å². The van der Waals surface area contributed by atoms with Gasteiger partial charge in [-0.1, -0.05) is 36.4 Å². The third-order valence-electron chi connectivity index (χ3n) is 8.57. The first kappa shape index (κ1) is 39.9. The Morgan fingerprint density at radius 1 is 0.943 bits per heavy atom. The number of nitrogens with one attached hydrogen (secondary N) is 3. The lowest BCUT2D eigenvalue weighted by molar-refractivity contribution is -0.192. The average Bonchev–Trinajstić information content (AvgIpc) is 3.26. The summed E-state index contributed by atoms with van der Waals surface area (Å²) in [6.45, 7) is 4.12. The number of hydroxylamine groups is 1. The van der Waals surface area contributed by atoms with Crippen molar-refractivity contribution in [3.63, 3.8) is 0 Å². The molecule has 53 heavy (non-hydrogen) atoms. The molecule has 3 amide bonds. The van der Waals surface area contributed by atoms with E-state index in [1.165, 1.54) is 6.92 Å². The number of amides is 3. The molecule has 2 atom stereocenters. The summed E-state index contributed by atoms with van der Waals surface area (Å²) in [4.78, 5) is 64.7. The molecule has 0 unspecified atom stereocenters. The maximum Gasteiger partial charge on any atom is 0.490 e. The molecule has 5 rings (SSSR count). The topological polar surface area (TPSA) is 178 Å². The van der Waals surface area contributed by atoms with Crippen molar-refractivity contribution < 1.29 is 52.2 Å². The molecular weight excluding hydrogens is 699 g/mol. The van der Waals surface area contributed by atoms with E-state index in [1.54, 1.807) is 70.9 Å². The normalized spacial score (nSPS) is 14.7. The Morgan fingerprint density at radius 3 is 2.11 bits per heavy atom. The molecule has 0 aromatic heterocycles. The number of Topliss-reactive ketones (excluding diaryl/α,β-unsaturated/α-hetero) is 1. The number of rotatable bonds is 10. The molecule has 1 aliphatic rings. The zero-order chi connectivity index (χ0) is 39.0. The van der Waals surface area contributed by atoms with Crippen LogP contribution in [-0.2, 0) is 16.1 Å². The summed E-state index contributed by atoms with van der Waals surface area (Å²) < 4.78 is 37.5. The number of alkyl halides is 3. The summed E-state index contributed by atoms with van der Waals surface area (Å²) in [6.07, 6.45) is -5.08. The number of ether oxygens (including phenoxy) is 1. The van der Waals surface area contributed by atoms with Gasteiger partial charge in [0.05, 0.1) is 31.6 Å². The number of hydrogen-bond acceptors (Lipinski definition) is 9. The standard InChI is InChI=1S/C35H37N5O6.C2HF3O2/c1-21(36-3)18-37-29-20-40(34(43)24-11-9-23(10-12-24)22(2)41)31-8-6-5-7-30(31)39(35(29)44)19-28-27-15-13-26(33(42)38-45)17-25(27)14-16-32(28)46-4;3-2(4,5)1(6)7/h5-17,21,29,36-37,45H,18-20H2,1-4H3,(H,38,42);(H,6,7)/t21-,29-;/m0./s1. The van der Waals surface area contributed by atoms with E-state index in [2.05, 4.69) is 10.6 Å². The van der Waals surface area contributed by atoms with Gasteiger partial charge in [-0.2, -0.15) is 13.2 Å². The van der Waals surface area contributed by atoms with Gasteiger partial charge >= 0.3 is 12.1 Å². The van der Waals surface area contributed by atoms with Crippen LogP contribution in [-0.4, -0.2) is 85.3 Å². The molecule has 0 spiro atoms. The molecule has 1 heterocycles. The number of hydrogen-bond donors (Lipinski definition) is 5. The Labute approximate surface area is 302 Å². The Morgan fingerprint density at radius 2 is 1.55 bits per heavy atom. The maximum atomic E-state index is 14.5. The van der Waals surface area contributed by atoms with Gasteiger partial charge in [0.15, 0.2) is 5.78 Å². The largest absolute Gasteiger partial charge is 0.496 e. The minimum atomic E-state index is -5.08. The Kier molecular flexibility index (Phi) is 12.9. The number of ketones is 1. The molecule has 16 heteroatoms. The first-order valence-corrected chi connectivity index (χ1v) is 16.2. The zero-order valence-electron chi connectivity index (χ0n) is 29.2. The van der Waals surface area contributed by atoms with Crippen molar-refractivity contribution in [3.05, 3.63) is 101 Å². The molecule has 0 aliphatic carbocycles. The van der Waals surface area contributed by atoms with Crippen LogP contribution in [0, 0.1) is 0 Å². The first-order chi connectivity index (χ1) is 25.1. The van der Waals surface area contributed by atoms with E-state index in [4.69, 9.17) is 19.8 Å². The van der Waals surface area contributed by atoms with Crippen molar-refractivity contribution in [2.24, 2.45) is 0 Å². The molecule has 0 fully saturated rings. The SMILES string of the molecule is CN[C@@H](C)CN[C@H]1CN(C(=O)c2ccc(C(C)=O)cc2)c2ccccc2N(Cc2c(OC)ccc3cc(C(=O)NO)ccc23)C1=O.O=C(O)C(F)(F)F. The average molecular weight is 738 g/mol. The fraction of sp³-hybridized carbons (Fsp3) is 0.270. The zero-order valence-corrected chi connectivity index (χ0v) is 29.2. The number of methoxy groups -OCH3 is 1. The highest BCUT2D eigenvalue weighted by atomic mass is 19.4. The molecule has 280 valence electrons. The fourth-order valence-electron chi connectivity index (χ4n) is 5.61. The number of benzene rings is 4. The minimum Gasteiger partial charge on any atom is -0.496 e. The van der Waals surface area contributed by atoms with Crippen LogP contribution < -0.4 is 30.7 Å². The highest BCUT2D eigenvalue weighted by Crippen LogP contribution is 2.38. The van der Waals surface area contributed by atoms with E-state index in [-0.39, 0.29) is 42.3 Å². The van der Waals surface area contributed by atoms with E-state index in [9.17, 15) is 32.3 Å². The van der Waals surface area contributed by atoms with Gasteiger partial charge in [0, 0.05) is 34.8 Å². The van der Waals surface area contributed by atoms with Crippen LogP contribution in [0.4, 0.5) is 24.5 Å². The highest BCUT2D eigenvalue weighted by Gasteiger charge is 2.38. The van der Waals surface area contributed by atoms with E-state index < -0.39 is 24.1 Å². The first-order valence-electron chi connectivity index (χ1n) is 16.2. The van der Waals surface area contributed by atoms with Crippen molar-refractivity contribution in [1.29, 1.82) is 0 Å². The lowest BCUT2D eigenvalue weighted by Gasteiger charge is -2.27. The van der Waals surface area contributed by atoms with Crippen LogP contribution >= 0.6 is 0 Å². The summed E-state index contributed by atoms with van der Waals surface area (Å²) >= 11 is 0. The van der Waals surface area contributed by atoms with E-state index in [0.29, 0.717) is 40.4 Å². The van der Waals surface area contributed by atoms with Crippen molar-refractivity contribution in [2.45, 2.75) is 38.7 Å². The van der Waals surface area contributed by atoms with Crippen LogP contribution in [0.25, 0.3) is 10.8 Å². The molecule has 0 saturated carbocycles. The van der Waals surface area contributed by atoms with Gasteiger partial charge < -0.3 is 30.3 Å². The summed E-state index contributed by atoms with van der Waals surface area (Å²) in [6, 6.07) is 21.7. The Balaban J connectivity index is 0.000000815. The lowest BCUT2D eigenvalue weighted by atomic mass is 10.00. The van der Waals surface area contributed by atoms with Gasteiger partial charge in [0.1, 0.15) is 11.8 Å². The number of carboxylic acids is 1. The predicted molar refractivity (Wildman–Crippen MR) is 190 cm³/mol. The maximum absolute atomic E-state index is 14.5. The third-order valence-corrected chi connectivity index (χ3v) is 8.57. The molecule has 0 bridgehead atoms. The molecule has 4 aromatic carbocycles. The van der Waals surface area contributed by atoms with Gasteiger partial charge in [-0.05, 0) is 74.1 Å². The fourth-order valence-corrected chi connectivity index (χ4v) is 5.61. The molecule has 0 saturated heterocycles. The monoisotopic (exact) mass is 737 g/mol. The number of carboxylic acid groups (broad SMARTS) is 1. The second kappa shape index (κ2) is 17.1. The smallest absolute Gasteiger partial charge is 0.490 e. The predicted octanol–water partition coefficient (Wildman–Crippen LogP) is 4.56. The van der Waals surface area contributed by atoms with Crippen molar-refractivity contribution in [1.82, 2.24) is 16.1 Å². The summed E-state index contributed by atoms with van der Waals surface area (Å²) in [5.74, 6) is -3.47. The molecule has 1 aliphatic heterocycles. The summed E-state index contributed by atoms with van der Waals surface area (Å²) in [7, 11) is 3.39. The van der Waals surface area contributed by atoms with Crippen molar-refractivity contribution in [3.8, 4) is 5.75 Å². The van der Waals surface area contributed by atoms with E-state index in [0.717, 1.165) is 10.8 Å². The van der Waals surface area contributed by atoms with E-state index in [1.807, 2.05) is 44.3 Å². The Bertz CT molecular complexity index is 2010. The third kappa shape index (κ3) is 9.34. The minimum absolute atomic E-state index is 0.0543. The van der Waals surface area contributed by atoms with Crippen LogP contribution in [0.1, 0.15) is 50.5 Å². The summed E-state index contributed by atoms with van der Waals surface area (Å²) in [5.41, 5.74) is 4.64. The summed E-state index contributed by atoms with van der Waals surface area (Å²) in [5, 5.41) is 24.3. The van der Waals surface area contributed by atoms with Crippen LogP contribution in [0.3, 0.4) is 0 Å². The molecule has 13 nitrogen and oxygen atoms in total. The molecule has 0 radical (unpaired) electrons. The number of anilines is 2. The molecule has 5 N–H and O–H groups in total. The number of carbonyl (C=O) groups excluding carboxylic acids is 4. The van der Waals surface area contributed by atoms with Crippen molar-refractivity contribution >= 4 is 51.6 Å². The number of carbonyl (C=O) groups is 5. The van der Waals surface area contributed by atoms with Gasteiger partial charge in [0.2, 0.25) is 5.91 Å². The van der Waals surface area contributed by atoms with Gasteiger partial charge in [0.25, 0.3) is 11.8 Å². The van der Waals surface area contributed by atoms with E-state index >= 15 is 0 Å². The lowest BCUT2D eigenvalue weighted by Crippen LogP contribution is -2.53. The number of para-hydroxylation sites is 2.